The number of nitriles is 1. The van der Waals surface area contributed by atoms with E-state index in [4.69, 9.17) is 10.00 Å². The van der Waals surface area contributed by atoms with Gasteiger partial charge in [-0.3, -0.25) is 0 Å². The quantitative estimate of drug-likeness (QED) is 0.902. The van der Waals surface area contributed by atoms with Crippen molar-refractivity contribution in [2.24, 2.45) is 0 Å². The molecule has 0 atom stereocenters. The molecule has 0 unspecified atom stereocenters. The first-order chi connectivity index (χ1) is 7.67. The number of halogens is 1. The minimum absolute atomic E-state index is 0.635. The van der Waals surface area contributed by atoms with Crippen LogP contribution in [0.3, 0.4) is 0 Å². The first kappa shape index (κ1) is 12.8. The predicted octanol–water partition coefficient (Wildman–Crippen LogP) is 2.57. The zero-order valence-electron chi connectivity index (χ0n) is 9.09. The lowest BCUT2D eigenvalue weighted by molar-refractivity contribution is 0.408. The molecule has 1 aromatic carbocycles. The second-order valence-corrected chi connectivity index (χ2v) is 4.38. The lowest BCUT2D eigenvalue weighted by atomic mass is 10.1. The van der Waals surface area contributed by atoms with Gasteiger partial charge >= 0.3 is 0 Å². The highest BCUT2D eigenvalue weighted by Gasteiger charge is 2.03. The van der Waals surface area contributed by atoms with Crippen LogP contribution in [-0.2, 0) is 6.54 Å². The summed E-state index contributed by atoms with van der Waals surface area (Å²) in [7, 11) is 1.62. The van der Waals surface area contributed by atoms with Crippen molar-refractivity contribution in [3.63, 3.8) is 0 Å². The van der Waals surface area contributed by atoms with E-state index in [0.717, 1.165) is 15.8 Å². The van der Waals surface area contributed by atoms with Crippen molar-refractivity contribution < 1.29 is 4.74 Å². The molecule has 1 aromatic rings. The van der Waals surface area contributed by atoms with Crippen molar-refractivity contribution >= 4 is 15.9 Å². The van der Waals surface area contributed by atoms with Gasteiger partial charge in [-0.1, -0.05) is 22.5 Å². The third-order valence-electron chi connectivity index (χ3n) is 2.04. The number of benzene rings is 1. The van der Waals surface area contributed by atoms with Crippen molar-refractivity contribution in [2.45, 2.75) is 6.54 Å². The number of methoxy groups -OCH3 is 1. The van der Waals surface area contributed by atoms with Crippen LogP contribution < -0.4 is 10.1 Å². The lowest BCUT2D eigenvalue weighted by Crippen LogP contribution is -2.15. The molecule has 0 bridgehead atoms. The molecule has 16 heavy (non-hydrogen) atoms. The van der Waals surface area contributed by atoms with E-state index < -0.39 is 0 Å². The van der Waals surface area contributed by atoms with Crippen molar-refractivity contribution in [3.05, 3.63) is 40.4 Å². The number of nitrogens with zero attached hydrogens (tertiary/aromatic N) is 1. The number of ether oxygens (including phenoxy) is 1. The zero-order chi connectivity index (χ0) is 12.0. The van der Waals surface area contributed by atoms with Gasteiger partial charge in [0.2, 0.25) is 0 Å². The summed E-state index contributed by atoms with van der Waals surface area (Å²) in [4.78, 5) is 0. The molecular weight excluding hydrogens is 268 g/mol. The van der Waals surface area contributed by atoms with Gasteiger partial charge in [0.25, 0.3) is 0 Å². The van der Waals surface area contributed by atoms with Crippen molar-refractivity contribution in [3.8, 4) is 11.8 Å². The Bertz CT molecular complexity index is 424. The Morgan fingerprint density at radius 2 is 2.38 bits per heavy atom. The van der Waals surface area contributed by atoms with Crippen LogP contribution >= 0.6 is 15.9 Å². The molecule has 0 aromatic heterocycles. The van der Waals surface area contributed by atoms with E-state index in [1.807, 2.05) is 6.07 Å². The monoisotopic (exact) mass is 280 g/mol. The first-order valence-electron chi connectivity index (χ1n) is 4.78. The van der Waals surface area contributed by atoms with Crippen molar-refractivity contribution in [2.75, 3.05) is 13.7 Å². The van der Waals surface area contributed by atoms with Crippen LogP contribution in [0.2, 0.25) is 0 Å². The van der Waals surface area contributed by atoms with Gasteiger partial charge in [0.15, 0.2) is 0 Å². The number of hydrogen-bond acceptors (Lipinski definition) is 3. The lowest BCUT2D eigenvalue weighted by Gasteiger charge is -2.09. The molecule has 0 amide bonds. The summed E-state index contributed by atoms with van der Waals surface area (Å²) in [6.45, 7) is 5.06. The summed E-state index contributed by atoms with van der Waals surface area (Å²) in [5, 5.41) is 12.0. The fourth-order valence-corrected chi connectivity index (χ4v) is 1.52. The molecule has 4 heteroatoms. The molecule has 1 rings (SSSR count). The van der Waals surface area contributed by atoms with E-state index in [-0.39, 0.29) is 0 Å². The van der Waals surface area contributed by atoms with Crippen LogP contribution in [-0.4, -0.2) is 13.7 Å². The summed E-state index contributed by atoms with van der Waals surface area (Å²) in [5.41, 5.74) is 1.60. The third kappa shape index (κ3) is 3.69. The van der Waals surface area contributed by atoms with Gasteiger partial charge < -0.3 is 10.1 Å². The minimum atomic E-state index is 0.635. The van der Waals surface area contributed by atoms with E-state index in [9.17, 15) is 0 Å². The molecule has 1 N–H and O–H groups in total. The maximum absolute atomic E-state index is 8.81. The van der Waals surface area contributed by atoms with Crippen LogP contribution in [0.25, 0.3) is 0 Å². The zero-order valence-corrected chi connectivity index (χ0v) is 10.7. The summed E-state index contributed by atoms with van der Waals surface area (Å²) in [6, 6.07) is 7.48. The Morgan fingerprint density at radius 3 is 2.94 bits per heavy atom. The van der Waals surface area contributed by atoms with Gasteiger partial charge in [0.1, 0.15) is 5.75 Å². The normalized spacial score (nSPS) is 9.56. The molecule has 0 saturated carbocycles. The number of hydrogen-bond donors (Lipinski definition) is 1. The standard InChI is InChI=1S/C12H13BrN2O/c1-9(13)7-15-8-11-5-10(6-14)3-4-12(11)16-2/h3-5,15H,1,7-8H2,2H3. The van der Waals surface area contributed by atoms with Crippen LogP contribution in [0.15, 0.2) is 29.3 Å². The average molecular weight is 281 g/mol. The maximum Gasteiger partial charge on any atom is 0.123 e. The molecular formula is C12H13BrN2O. The second kappa shape index (κ2) is 6.31. The predicted molar refractivity (Wildman–Crippen MR) is 67.5 cm³/mol. The molecule has 0 aliphatic carbocycles. The molecule has 0 saturated heterocycles. The fraction of sp³-hybridized carbons (Fsp3) is 0.250. The molecule has 3 nitrogen and oxygen atoms in total. The van der Waals surface area contributed by atoms with Crippen LogP contribution in [0.5, 0.6) is 5.75 Å². The van der Waals surface area contributed by atoms with Crippen molar-refractivity contribution in [1.29, 1.82) is 5.26 Å². The highest BCUT2D eigenvalue weighted by atomic mass is 79.9. The molecule has 0 radical (unpaired) electrons. The van der Waals surface area contributed by atoms with Gasteiger partial charge in [-0.05, 0) is 18.2 Å². The topological polar surface area (TPSA) is 45.0 Å². The van der Waals surface area contributed by atoms with Crippen LogP contribution in [0.4, 0.5) is 0 Å². The molecule has 0 heterocycles. The first-order valence-corrected chi connectivity index (χ1v) is 5.57. The highest BCUT2D eigenvalue weighted by molar-refractivity contribution is 9.11. The van der Waals surface area contributed by atoms with Crippen LogP contribution in [0.1, 0.15) is 11.1 Å². The van der Waals surface area contributed by atoms with Gasteiger partial charge in [0, 0.05) is 23.1 Å². The Balaban J connectivity index is 2.76. The van der Waals surface area contributed by atoms with Gasteiger partial charge in [-0.25, -0.2) is 0 Å². The van der Waals surface area contributed by atoms with Gasteiger partial charge in [0.05, 0.1) is 18.7 Å². The Labute approximate surface area is 104 Å². The van der Waals surface area contributed by atoms with Crippen LogP contribution in [0, 0.1) is 11.3 Å². The van der Waals surface area contributed by atoms with E-state index in [0.29, 0.717) is 18.7 Å². The largest absolute Gasteiger partial charge is 0.496 e. The molecule has 0 aliphatic heterocycles. The Morgan fingerprint density at radius 1 is 1.62 bits per heavy atom. The Kier molecular flexibility index (Phi) is 5.03. The minimum Gasteiger partial charge on any atom is -0.496 e. The van der Waals surface area contributed by atoms with Crippen molar-refractivity contribution in [1.82, 2.24) is 5.32 Å². The average Bonchev–Trinajstić information content (AvgIpc) is 2.28. The molecule has 84 valence electrons. The number of rotatable bonds is 5. The molecule has 0 aliphatic rings. The summed E-state index contributed by atoms with van der Waals surface area (Å²) >= 11 is 3.27. The molecule has 0 spiro atoms. The van der Waals surface area contributed by atoms with Gasteiger partial charge in [-0.2, -0.15) is 5.26 Å². The highest BCUT2D eigenvalue weighted by Crippen LogP contribution is 2.19. The summed E-state index contributed by atoms with van der Waals surface area (Å²) in [5.74, 6) is 0.784. The second-order valence-electron chi connectivity index (χ2n) is 3.26. The maximum atomic E-state index is 8.81. The number of nitrogens with one attached hydrogen (secondary N) is 1. The molecule has 0 fully saturated rings. The van der Waals surface area contributed by atoms with Gasteiger partial charge in [-0.15, -0.1) is 0 Å². The van der Waals surface area contributed by atoms with E-state index >= 15 is 0 Å². The third-order valence-corrected chi connectivity index (χ3v) is 2.32. The smallest absolute Gasteiger partial charge is 0.123 e. The fourth-order valence-electron chi connectivity index (χ4n) is 1.32. The SMILES string of the molecule is C=C(Br)CNCc1cc(C#N)ccc1OC. The van der Waals surface area contributed by atoms with E-state index in [1.54, 1.807) is 19.2 Å². The van der Waals surface area contributed by atoms with E-state index in [1.165, 1.54) is 0 Å². The summed E-state index contributed by atoms with van der Waals surface area (Å²) in [6.07, 6.45) is 0. The van der Waals surface area contributed by atoms with E-state index in [2.05, 4.69) is 33.9 Å². The summed E-state index contributed by atoms with van der Waals surface area (Å²) < 4.78 is 6.11. The Hall–Kier alpha value is -1.31.